The van der Waals surface area contributed by atoms with Gasteiger partial charge in [-0.15, -0.1) is 0 Å². The molecule has 0 aliphatic rings. The van der Waals surface area contributed by atoms with Gasteiger partial charge in [0.2, 0.25) is 5.91 Å². The van der Waals surface area contributed by atoms with Crippen molar-refractivity contribution in [2.24, 2.45) is 0 Å². The molecule has 1 N–H and O–H groups in total. The van der Waals surface area contributed by atoms with E-state index >= 15 is 0 Å². The molecule has 3 nitrogen and oxygen atoms in total. The van der Waals surface area contributed by atoms with Crippen LogP contribution in [0, 0.1) is 18.3 Å². The van der Waals surface area contributed by atoms with Gasteiger partial charge in [-0.3, -0.25) is 4.79 Å². The van der Waals surface area contributed by atoms with Crippen LogP contribution in [0.25, 0.3) is 0 Å². The smallest absolute Gasteiger partial charge is 0.234 e. The minimum Gasteiger partial charge on any atom is -0.351 e. The van der Waals surface area contributed by atoms with Crippen molar-refractivity contribution in [1.29, 1.82) is 5.26 Å². The molecule has 0 spiro atoms. The van der Waals surface area contributed by atoms with Crippen LogP contribution in [0.4, 0.5) is 0 Å². The second-order valence-electron chi connectivity index (χ2n) is 3.91. The molecule has 0 heterocycles. The number of carbonyl (C=O) groups excluding carboxylic acids is 1. The van der Waals surface area contributed by atoms with Crippen LogP contribution in [-0.4, -0.2) is 17.3 Å². The van der Waals surface area contributed by atoms with Gasteiger partial charge in [0.1, 0.15) is 6.42 Å². The van der Waals surface area contributed by atoms with Crippen molar-refractivity contribution in [2.45, 2.75) is 19.8 Å². The molecule has 5 heteroatoms. The zero-order valence-corrected chi connectivity index (χ0v) is 11.6. The summed E-state index contributed by atoms with van der Waals surface area (Å²) >= 11 is 11.2. The summed E-state index contributed by atoms with van der Waals surface area (Å²) in [5.41, 5.74) is 2.04. The minimum absolute atomic E-state index is 0.140. The second kappa shape index (κ2) is 7.10. The number of nitriles is 1. The molecular formula is C13H13ClN2OS. The van der Waals surface area contributed by atoms with Crippen LogP contribution in [0.15, 0.2) is 18.2 Å². The summed E-state index contributed by atoms with van der Waals surface area (Å²) in [5.74, 6) is -0.304. The standard InChI is InChI=1S/C13H13ClN2OS/c1-9-2-3-10(7-12(9)14)6-11(18)8-16-13(17)4-5-15/h2-3,7H,4,6,8H2,1H3,(H,16,17). The number of nitrogens with zero attached hydrogens (tertiary/aromatic N) is 1. The van der Waals surface area contributed by atoms with Crippen LogP contribution in [0.1, 0.15) is 17.5 Å². The first-order valence-corrected chi connectivity index (χ1v) is 6.22. The minimum atomic E-state index is -0.304. The Kier molecular flexibility index (Phi) is 5.76. The summed E-state index contributed by atoms with van der Waals surface area (Å²) in [5, 5.41) is 11.6. The Labute approximate surface area is 117 Å². The number of thiocarbonyl (C=S) groups is 1. The Balaban J connectivity index is 2.47. The molecule has 0 aromatic heterocycles. The van der Waals surface area contributed by atoms with Gasteiger partial charge in [0.25, 0.3) is 0 Å². The van der Waals surface area contributed by atoms with E-state index in [9.17, 15) is 4.79 Å². The van der Waals surface area contributed by atoms with E-state index in [1.165, 1.54) is 0 Å². The van der Waals surface area contributed by atoms with E-state index in [1.807, 2.05) is 25.1 Å². The number of aryl methyl sites for hydroxylation is 1. The molecule has 1 aromatic rings. The Bertz CT molecular complexity index is 508. The van der Waals surface area contributed by atoms with Gasteiger partial charge < -0.3 is 5.32 Å². The second-order valence-corrected chi connectivity index (χ2v) is 4.90. The summed E-state index contributed by atoms with van der Waals surface area (Å²) in [6, 6.07) is 7.56. The van der Waals surface area contributed by atoms with E-state index in [4.69, 9.17) is 29.1 Å². The maximum atomic E-state index is 11.1. The fraction of sp³-hybridized carbons (Fsp3) is 0.308. The summed E-state index contributed by atoms with van der Waals surface area (Å²) < 4.78 is 0. The maximum absolute atomic E-state index is 11.1. The van der Waals surface area contributed by atoms with Gasteiger partial charge in [0, 0.05) is 22.9 Å². The van der Waals surface area contributed by atoms with Gasteiger partial charge in [0.15, 0.2) is 0 Å². The van der Waals surface area contributed by atoms with Crippen molar-refractivity contribution in [2.75, 3.05) is 6.54 Å². The van der Waals surface area contributed by atoms with Gasteiger partial charge in [-0.25, -0.2) is 0 Å². The first-order valence-electron chi connectivity index (χ1n) is 5.43. The highest BCUT2D eigenvalue weighted by Gasteiger charge is 2.04. The molecule has 18 heavy (non-hydrogen) atoms. The molecule has 1 aromatic carbocycles. The van der Waals surface area contributed by atoms with Crippen LogP contribution in [0.2, 0.25) is 5.02 Å². The predicted molar refractivity (Wildman–Crippen MR) is 75.7 cm³/mol. The Morgan fingerprint density at radius 1 is 1.56 bits per heavy atom. The fourth-order valence-corrected chi connectivity index (χ4v) is 1.81. The predicted octanol–water partition coefficient (Wildman–Crippen LogP) is 2.59. The summed E-state index contributed by atoms with van der Waals surface area (Å²) in [6.45, 7) is 2.24. The highest BCUT2D eigenvalue weighted by molar-refractivity contribution is 7.80. The zero-order chi connectivity index (χ0) is 13.5. The molecule has 0 bridgehead atoms. The maximum Gasteiger partial charge on any atom is 0.234 e. The topological polar surface area (TPSA) is 52.9 Å². The lowest BCUT2D eigenvalue weighted by Crippen LogP contribution is -2.28. The number of rotatable bonds is 5. The third-order valence-electron chi connectivity index (χ3n) is 2.36. The molecule has 0 atom stereocenters. The van der Waals surface area contributed by atoms with E-state index in [1.54, 1.807) is 6.07 Å². The number of amides is 1. The lowest BCUT2D eigenvalue weighted by Gasteiger charge is -2.06. The Hall–Kier alpha value is -1.44. The van der Waals surface area contributed by atoms with Crippen LogP contribution in [0.5, 0.6) is 0 Å². The molecule has 94 valence electrons. The molecule has 0 aliphatic carbocycles. The molecular weight excluding hydrogens is 268 g/mol. The number of hydrogen-bond acceptors (Lipinski definition) is 3. The van der Waals surface area contributed by atoms with Gasteiger partial charge in [-0.05, 0) is 24.1 Å². The summed E-state index contributed by atoms with van der Waals surface area (Å²) in [4.78, 5) is 11.8. The quantitative estimate of drug-likeness (QED) is 0.844. The van der Waals surface area contributed by atoms with E-state index in [0.717, 1.165) is 11.1 Å². The van der Waals surface area contributed by atoms with Gasteiger partial charge in [-0.1, -0.05) is 36.0 Å². The van der Waals surface area contributed by atoms with Crippen LogP contribution < -0.4 is 5.32 Å². The molecule has 1 amide bonds. The SMILES string of the molecule is Cc1ccc(CC(=S)CNC(=O)CC#N)cc1Cl. The Morgan fingerprint density at radius 3 is 2.89 bits per heavy atom. The molecule has 0 unspecified atom stereocenters. The van der Waals surface area contributed by atoms with Crippen molar-refractivity contribution >= 4 is 34.6 Å². The first-order chi connectivity index (χ1) is 8.52. The number of halogens is 1. The van der Waals surface area contributed by atoms with Crippen molar-refractivity contribution in [3.05, 3.63) is 34.3 Å². The summed E-state index contributed by atoms with van der Waals surface area (Å²) in [6.07, 6.45) is 0.446. The van der Waals surface area contributed by atoms with Crippen LogP contribution >= 0.6 is 23.8 Å². The third kappa shape index (κ3) is 4.82. The van der Waals surface area contributed by atoms with Crippen molar-refractivity contribution in [3.63, 3.8) is 0 Å². The molecule has 0 fully saturated rings. The average Bonchev–Trinajstić information content (AvgIpc) is 2.32. The lowest BCUT2D eigenvalue weighted by atomic mass is 10.1. The molecule has 0 saturated heterocycles. The Morgan fingerprint density at radius 2 is 2.28 bits per heavy atom. The molecule has 0 saturated carbocycles. The summed E-state index contributed by atoms with van der Waals surface area (Å²) in [7, 11) is 0. The molecule has 1 rings (SSSR count). The van der Waals surface area contributed by atoms with Gasteiger partial charge in [0.05, 0.1) is 6.07 Å². The van der Waals surface area contributed by atoms with Crippen molar-refractivity contribution in [3.8, 4) is 6.07 Å². The van der Waals surface area contributed by atoms with Crippen molar-refractivity contribution in [1.82, 2.24) is 5.32 Å². The average molecular weight is 281 g/mol. The van der Waals surface area contributed by atoms with E-state index in [0.29, 0.717) is 22.9 Å². The third-order valence-corrected chi connectivity index (χ3v) is 3.06. The number of carbonyl (C=O) groups is 1. The first kappa shape index (κ1) is 14.6. The van der Waals surface area contributed by atoms with Gasteiger partial charge in [-0.2, -0.15) is 5.26 Å². The fourth-order valence-electron chi connectivity index (χ4n) is 1.37. The monoisotopic (exact) mass is 280 g/mol. The lowest BCUT2D eigenvalue weighted by molar-refractivity contribution is -0.119. The highest BCUT2D eigenvalue weighted by atomic mass is 35.5. The normalized spacial score (nSPS) is 9.61. The number of nitrogens with one attached hydrogen (secondary N) is 1. The van der Waals surface area contributed by atoms with E-state index < -0.39 is 0 Å². The highest BCUT2D eigenvalue weighted by Crippen LogP contribution is 2.17. The molecule has 0 aliphatic heterocycles. The van der Waals surface area contributed by atoms with Crippen LogP contribution in [-0.2, 0) is 11.2 Å². The van der Waals surface area contributed by atoms with Crippen LogP contribution in [0.3, 0.4) is 0 Å². The zero-order valence-electron chi connectivity index (χ0n) is 10.00. The molecule has 0 radical (unpaired) electrons. The van der Waals surface area contributed by atoms with Crippen molar-refractivity contribution < 1.29 is 4.79 Å². The number of benzene rings is 1. The van der Waals surface area contributed by atoms with Gasteiger partial charge >= 0.3 is 0 Å². The number of hydrogen-bond donors (Lipinski definition) is 1. The van der Waals surface area contributed by atoms with E-state index in [-0.39, 0.29) is 12.3 Å². The van der Waals surface area contributed by atoms with E-state index in [2.05, 4.69) is 5.32 Å². The largest absolute Gasteiger partial charge is 0.351 e.